The number of benzene rings is 1. The Morgan fingerprint density at radius 2 is 1.47 bits per heavy atom. The van der Waals surface area contributed by atoms with E-state index in [1.807, 2.05) is 13.8 Å². The third-order valence-corrected chi connectivity index (χ3v) is 4.55. The molecule has 1 aromatic carbocycles. The molecule has 0 radical (unpaired) electrons. The first-order valence-electron chi connectivity index (χ1n) is 7.62. The van der Waals surface area contributed by atoms with Crippen LogP contribution in [0.5, 0.6) is 0 Å². The van der Waals surface area contributed by atoms with E-state index in [-0.39, 0.29) is 11.9 Å². The summed E-state index contributed by atoms with van der Waals surface area (Å²) in [5.74, 6) is 0.409. The number of halogens is 1. The van der Waals surface area contributed by atoms with Crippen LogP contribution in [-0.4, -0.2) is 0 Å². The lowest BCUT2D eigenvalue weighted by molar-refractivity contribution is 0.326. The van der Waals surface area contributed by atoms with Crippen LogP contribution in [-0.2, 0) is 0 Å². The second-order valence-corrected chi connectivity index (χ2v) is 6.08. The highest BCUT2D eigenvalue weighted by molar-refractivity contribution is 5.37. The summed E-state index contributed by atoms with van der Waals surface area (Å²) < 4.78 is 13.4. The largest absolute Gasteiger partial charge is 0.324 e. The molecule has 0 aromatic heterocycles. The van der Waals surface area contributed by atoms with Gasteiger partial charge in [0.2, 0.25) is 0 Å². The van der Waals surface area contributed by atoms with Gasteiger partial charge in [0.1, 0.15) is 5.82 Å². The van der Waals surface area contributed by atoms with E-state index in [1.165, 1.54) is 50.5 Å². The van der Waals surface area contributed by atoms with Crippen LogP contribution in [0.1, 0.15) is 67.7 Å². The monoisotopic (exact) mass is 263 g/mol. The van der Waals surface area contributed by atoms with E-state index >= 15 is 0 Å². The minimum absolute atomic E-state index is 0.0682. The second kappa shape index (κ2) is 6.51. The minimum atomic E-state index is -0.149. The van der Waals surface area contributed by atoms with Crippen molar-refractivity contribution in [3.63, 3.8) is 0 Å². The predicted molar refractivity (Wildman–Crippen MR) is 78.6 cm³/mol. The average Bonchev–Trinajstić information content (AvgIpc) is 2.26. The number of rotatable bonds is 2. The summed E-state index contributed by atoms with van der Waals surface area (Å²) >= 11 is 0. The van der Waals surface area contributed by atoms with Gasteiger partial charge in [-0.2, -0.15) is 0 Å². The molecule has 0 saturated heterocycles. The van der Waals surface area contributed by atoms with Crippen LogP contribution in [0.4, 0.5) is 4.39 Å². The smallest absolute Gasteiger partial charge is 0.123 e. The molecule has 1 aliphatic rings. The molecule has 2 heteroatoms. The Labute approximate surface area is 116 Å². The molecule has 2 N–H and O–H groups in total. The Morgan fingerprint density at radius 1 is 1.00 bits per heavy atom. The van der Waals surface area contributed by atoms with E-state index in [0.717, 1.165) is 11.1 Å². The van der Waals surface area contributed by atoms with Gasteiger partial charge < -0.3 is 5.73 Å². The van der Waals surface area contributed by atoms with Gasteiger partial charge in [0, 0.05) is 6.04 Å². The normalized spacial score (nSPS) is 19.8. The Kier molecular flexibility index (Phi) is 4.98. The standard InChI is InChI=1S/C17H26FN/c1-12-10-15(18)11-13(2)16(12)17(19)14-8-6-4-3-5-7-9-14/h10-11,14,17H,3-9,19H2,1-2H3. The molecule has 1 aromatic rings. The van der Waals surface area contributed by atoms with E-state index in [2.05, 4.69) is 0 Å². The molecule has 1 fully saturated rings. The third kappa shape index (κ3) is 3.56. The molecule has 0 amide bonds. The summed E-state index contributed by atoms with van der Waals surface area (Å²) in [6.45, 7) is 3.96. The molecule has 1 unspecified atom stereocenters. The van der Waals surface area contributed by atoms with Crippen molar-refractivity contribution in [2.45, 2.75) is 64.8 Å². The van der Waals surface area contributed by atoms with Crippen LogP contribution in [0, 0.1) is 25.6 Å². The molecule has 0 heterocycles. The number of aryl methyl sites for hydroxylation is 2. The van der Waals surface area contributed by atoms with Gasteiger partial charge in [0.05, 0.1) is 0 Å². The van der Waals surface area contributed by atoms with Crippen LogP contribution in [0.3, 0.4) is 0 Å². The van der Waals surface area contributed by atoms with Crippen LogP contribution in [0.2, 0.25) is 0 Å². The van der Waals surface area contributed by atoms with Crippen molar-refractivity contribution >= 4 is 0 Å². The lowest BCUT2D eigenvalue weighted by atomic mass is 9.81. The fourth-order valence-electron chi connectivity index (χ4n) is 3.53. The summed E-state index contributed by atoms with van der Waals surface area (Å²) in [6, 6.07) is 3.30. The topological polar surface area (TPSA) is 26.0 Å². The van der Waals surface area contributed by atoms with E-state index in [4.69, 9.17) is 5.73 Å². The number of hydrogen-bond acceptors (Lipinski definition) is 1. The molecule has 1 aliphatic carbocycles. The summed E-state index contributed by atoms with van der Waals surface area (Å²) in [5.41, 5.74) is 9.71. The first-order valence-corrected chi connectivity index (χ1v) is 7.62. The minimum Gasteiger partial charge on any atom is -0.324 e. The zero-order valence-corrected chi connectivity index (χ0v) is 12.2. The van der Waals surface area contributed by atoms with E-state index in [1.54, 1.807) is 12.1 Å². The Bertz CT molecular complexity index is 396. The Balaban J connectivity index is 2.19. The van der Waals surface area contributed by atoms with Crippen LogP contribution >= 0.6 is 0 Å². The van der Waals surface area contributed by atoms with Gasteiger partial charge in [-0.25, -0.2) is 4.39 Å². The molecular formula is C17H26FN. The highest BCUT2D eigenvalue weighted by Gasteiger charge is 2.23. The first-order chi connectivity index (χ1) is 9.09. The Morgan fingerprint density at radius 3 is 2.00 bits per heavy atom. The molecule has 1 nitrogen and oxygen atoms in total. The summed E-state index contributed by atoms with van der Waals surface area (Å²) in [4.78, 5) is 0. The van der Waals surface area contributed by atoms with Gasteiger partial charge in [0.25, 0.3) is 0 Å². The highest BCUT2D eigenvalue weighted by atomic mass is 19.1. The molecule has 0 spiro atoms. The average molecular weight is 263 g/mol. The Hall–Kier alpha value is -0.890. The van der Waals surface area contributed by atoms with Crippen LogP contribution in [0.25, 0.3) is 0 Å². The van der Waals surface area contributed by atoms with Gasteiger partial charge in [-0.3, -0.25) is 0 Å². The summed E-state index contributed by atoms with van der Waals surface area (Å²) in [7, 11) is 0. The fourth-order valence-corrected chi connectivity index (χ4v) is 3.53. The molecular weight excluding hydrogens is 237 g/mol. The van der Waals surface area contributed by atoms with Crippen molar-refractivity contribution < 1.29 is 4.39 Å². The lowest BCUT2D eigenvalue weighted by Gasteiger charge is -2.28. The third-order valence-electron chi connectivity index (χ3n) is 4.55. The van der Waals surface area contributed by atoms with Crippen molar-refractivity contribution in [3.8, 4) is 0 Å². The maximum Gasteiger partial charge on any atom is 0.123 e. The molecule has 19 heavy (non-hydrogen) atoms. The molecule has 0 aliphatic heterocycles. The lowest BCUT2D eigenvalue weighted by Crippen LogP contribution is -2.24. The fraction of sp³-hybridized carbons (Fsp3) is 0.647. The zero-order chi connectivity index (χ0) is 13.8. The maximum atomic E-state index is 13.4. The van der Waals surface area contributed by atoms with Gasteiger partial charge in [-0.1, -0.05) is 32.1 Å². The highest BCUT2D eigenvalue weighted by Crippen LogP contribution is 2.34. The quantitative estimate of drug-likeness (QED) is 0.814. The summed E-state index contributed by atoms with van der Waals surface area (Å²) in [6.07, 6.45) is 9.07. The molecule has 106 valence electrons. The van der Waals surface area contributed by atoms with Crippen LogP contribution in [0.15, 0.2) is 12.1 Å². The van der Waals surface area contributed by atoms with Gasteiger partial charge in [-0.05, 0) is 61.4 Å². The second-order valence-electron chi connectivity index (χ2n) is 6.08. The first kappa shape index (κ1) is 14.5. The van der Waals surface area contributed by atoms with E-state index in [9.17, 15) is 4.39 Å². The van der Waals surface area contributed by atoms with E-state index in [0.29, 0.717) is 5.92 Å². The van der Waals surface area contributed by atoms with Gasteiger partial charge >= 0.3 is 0 Å². The van der Waals surface area contributed by atoms with Crippen molar-refractivity contribution in [3.05, 3.63) is 34.6 Å². The molecule has 2 rings (SSSR count). The molecule has 1 atom stereocenters. The van der Waals surface area contributed by atoms with Crippen LogP contribution < -0.4 is 5.73 Å². The maximum absolute atomic E-state index is 13.4. The van der Waals surface area contributed by atoms with Gasteiger partial charge in [-0.15, -0.1) is 0 Å². The van der Waals surface area contributed by atoms with Crippen molar-refractivity contribution in [1.82, 2.24) is 0 Å². The van der Waals surface area contributed by atoms with Crippen molar-refractivity contribution in [2.75, 3.05) is 0 Å². The SMILES string of the molecule is Cc1cc(F)cc(C)c1C(N)C1CCCCCCC1. The van der Waals surface area contributed by atoms with Crippen molar-refractivity contribution in [1.29, 1.82) is 0 Å². The number of hydrogen-bond donors (Lipinski definition) is 1. The van der Waals surface area contributed by atoms with Gasteiger partial charge in [0.15, 0.2) is 0 Å². The molecule has 1 saturated carbocycles. The molecule has 0 bridgehead atoms. The van der Waals surface area contributed by atoms with Crippen molar-refractivity contribution in [2.24, 2.45) is 11.7 Å². The predicted octanol–water partition coefficient (Wildman–Crippen LogP) is 4.80. The van der Waals surface area contributed by atoms with E-state index < -0.39 is 0 Å². The zero-order valence-electron chi connectivity index (χ0n) is 12.2. The number of nitrogens with two attached hydrogens (primary N) is 1. The summed E-state index contributed by atoms with van der Waals surface area (Å²) in [5, 5.41) is 0.